The lowest BCUT2D eigenvalue weighted by Gasteiger charge is -2.12. The highest BCUT2D eigenvalue weighted by Crippen LogP contribution is 2.27. The van der Waals surface area contributed by atoms with E-state index < -0.39 is 0 Å². The van der Waals surface area contributed by atoms with Crippen LogP contribution in [0.1, 0.15) is 6.92 Å². The molecule has 19 heavy (non-hydrogen) atoms. The number of amides is 1. The smallest absolute Gasteiger partial charge is 0.237 e. The van der Waals surface area contributed by atoms with Gasteiger partial charge < -0.3 is 10.1 Å². The Morgan fingerprint density at radius 3 is 2.95 bits per heavy atom. The summed E-state index contributed by atoms with van der Waals surface area (Å²) in [6, 6.07) is 7.31. The van der Waals surface area contributed by atoms with Crippen molar-refractivity contribution in [1.82, 2.24) is 10.2 Å². The number of carbonyl (C=O) groups excluding carboxylic acids is 1. The highest BCUT2D eigenvalue weighted by Gasteiger charge is 2.17. The molecule has 0 bridgehead atoms. The molecule has 2 aromatic rings. The van der Waals surface area contributed by atoms with Gasteiger partial charge in [0.1, 0.15) is 11.3 Å². The molecule has 1 amide bonds. The number of anilines is 1. The fourth-order valence-electron chi connectivity index (χ4n) is 1.40. The van der Waals surface area contributed by atoms with Crippen LogP contribution in [0.3, 0.4) is 0 Å². The van der Waals surface area contributed by atoms with Crippen molar-refractivity contribution < 1.29 is 9.53 Å². The van der Waals surface area contributed by atoms with Gasteiger partial charge in [-0.25, -0.2) is 0 Å². The van der Waals surface area contributed by atoms with Crippen LogP contribution in [-0.4, -0.2) is 28.5 Å². The van der Waals surface area contributed by atoms with Crippen LogP contribution in [-0.2, 0) is 4.79 Å². The van der Waals surface area contributed by atoms with Gasteiger partial charge in [0.25, 0.3) is 0 Å². The van der Waals surface area contributed by atoms with Gasteiger partial charge in [-0.15, -0.1) is 10.2 Å². The molecule has 1 atom stereocenters. The average molecular weight is 295 g/mol. The Hall–Kier alpha value is -1.60. The largest absolute Gasteiger partial charge is 0.495 e. The van der Waals surface area contributed by atoms with Crippen molar-refractivity contribution in [2.24, 2.45) is 0 Å². The summed E-state index contributed by atoms with van der Waals surface area (Å²) in [5, 5.41) is 10.2. The Morgan fingerprint density at radius 2 is 2.26 bits per heavy atom. The van der Waals surface area contributed by atoms with Gasteiger partial charge in [-0.2, -0.15) is 0 Å². The maximum atomic E-state index is 12.1. The quantitative estimate of drug-likeness (QED) is 0.859. The number of ether oxygens (including phenoxy) is 1. The molecule has 1 aromatic carbocycles. The van der Waals surface area contributed by atoms with E-state index in [2.05, 4.69) is 15.5 Å². The number of thioether (sulfide) groups is 1. The van der Waals surface area contributed by atoms with E-state index in [9.17, 15) is 4.79 Å². The maximum absolute atomic E-state index is 12.1. The van der Waals surface area contributed by atoms with E-state index in [4.69, 9.17) is 4.74 Å². The molecule has 0 fully saturated rings. The van der Waals surface area contributed by atoms with E-state index in [-0.39, 0.29) is 11.2 Å². The van der Waals surface area contributed by atoms with Crippen molar-refractivity contribution in [2.45, 2.75) is 16.5 Å². The topological polar surface area (TPSA) is 64.1 Å². The minimum Gasteiger partial charge on any atom is -0.495 e. The normalized spacial score (nSPS) is 11.9. The fraction of sp³-hybridized carbons (Fsp3) is 0.250. The van der Waals surface area contributed by atoms with E-state index in [0.717, 1.165) is 4.34 Å². The first kappa shape index (κ1) is 13.8. The zero-order valence-electron chi connectivity index (χ0n) is 10.5. The van der Waals surface area contributed by atoms with Crippen LogP contribution in [0.5, 0.6) is 5.75 Å². The molecule has 2 rings (SSSR count). The summed E-state index contributed by atoms with van der Waals surface area (Å²) in [6.45, 7) is 1.83. The van der Waals surface area contributed by atoms with Crippen LogP contribution in [0.25, 0.3) is 0 Å². The van der Waals surface area contributed by atoms with Crippen molar-refractivity contribution in [3.63, 3.8) is 0 Å². The molecule has 0 aliphatic rings. The molecule has 5 nitrogen and oxygen atoms in total. The van der Waals surface area contributed by atoms with Crippen molar-refractivity contribution in [2.75, 3.05) is 12.4 Å². The molecule has 0 aliphatic carbocycles. The number of rotatable bonds is 5. The molecule has 0 saturated heterocycles. The highest BCUT2D eigenvalue weighted by atomic mass is 32.2. The first-order valence-corrected chi connectivity index (χ1v) is 7.33. The molecule has 0 unspecified atom stereocenters. The van der Waals surface area contributed by atoms with Crippen LogP contribution in [0.4, 0.5) is 5.69 Å². The van der Waals surface area contributed by atoms with Gasteiger partial charge in [0, 0.05) is 0 Å². The summed E-state index contributed by atoms with van der Waals surface area (Å²) in [6.07, 6.45) is 0. The second kappa shape index (κ2) is 6.53. The third-order valence-electron chi connectivity index (χ3n) is 2.35. The van der Waals surface area contributed by atoms with Crippen LogP contribution >= 0.6 is 23.1 Å². The van der Waals surface area contributed by atoms with Gasteiger partial charge in [-0.3, -0.25) is 4.79 Å². The number of hydrogen-bond donors (Lipinski definition) is 1. The highest BCUT2D eigenvalue weighted by molar-refractivity contribution is 8.02. The molecule has 1 aromatic heterocycles. The first-order chi connectivity index (χ1) is 9.20. The van der Waals surface area contributed by atoms with Crippen LogP contribution < -0.4 is 10.1 Å². The lowest BCUT2D eigenvalue weighted by atomic mass is 10.3. The number of nitrogens with zero attached hydrogens (tertiary/aromatic N) is 2. The molecule has 0 aliphatic heterocycles. The maximum Gasteiger partial charge on any atom is 0.237 e. The summed E-state index contributed by atoms with van der Waals surface area (Å²) in [5.41, 5.74) is 2.31. The number of para-hydroxylation sites is 2. The van der Waals surface area contributed by atoms with Crippen molar-refractivity contribution in [3.8, 4) is 5.75 Å². The third kappa shape index (κ3) is 3.68. The Labute approximate surface area is 119 Å². The lowest BCUT2D eigenvalue weighted by Crippen LogP contribution is -2.22. The zero-order valence-corrected chi connectivity index (χ0v) is 12.1. The van der Waals surface area contributed by atoms with Gasteiger partial charge in [-0.05, 0) is 19.1 Å². The van der Waals surface area contributed by atoms with Crippen molar-refractivity contribution in [3.05, 3.63) is 29.8 Å². The molecule has 0 spiro atoms. The first-order valence-electron chi connectivity index (χ1n) is 5.57. The third-order valence-corrected chi connectivity index (χ3v) is 4.26. The SMILES string of the molecule is COc1ccccc1NC(=O)[C@@H](C)Sc1nncs1. The standard InChI is InChI=1S/C12H13N3O2S2/c1-8(19-12-15-13-7-18-12)11(16)14-9-5-3-4-6-10(9)17-2/h3-8H,1-2H3,(H,14,16)/t8-/m1/s1. The molecular formula is C12H13N3O2S2. The second-order valence-electron chi connectivity index (χ2n) is 3.65. The zero-order chi connectivity index (χ0) is 13.7. The summed E-state index contributed by atoms with van der Waals surface area (Å²) >= 11 is 2.80. The number of nitrogens with one attached hydrogen (secondary N) is 1. The van der Waals surface area contributed by atoms with Crippen LogP contribution in [0.15, 0.2) is 34.1 Å². The summed E-state index contributed by atoms with van der Waals surface area (Å²) in [4.78, 5) is 12.1. The Morgan fingerprint density at radius 1 is 1.47 bits per heavy atom. The average Bonchev–Trinajstić information content (AvgIpc) is 2.92. The van der Waals surface area contributed by atoms with Crippen molar-refractivity contribution in [1.29, 1.82) is 0 Å². The van der Waals surface area contributed by atoms with Gasteiger partial charge in [0.05, 0.1) is 18.0 Å². The summed E-state index contributed by atoms with van der Waals surface area (Å²) in [5.74, 6) is 0.550. The minimum atomic E-state index is -0.252. The van der Waals surface area contributed by atoms with E-state index in [1.54, 1.807) is 24.8 Å². The Kier molecular flexibility index (Phi) is 4.75. The molecule has 100 valence electrons. The number of benzene rings is 1. The molecule has 7 heteroatoms. The molecular weight excluding hydrogens is 282 g/mol. The predicted molar refractivity (Wildman–Crippen MR) is 76.9 cm³/mol. The number of carbonyl (C=O) groups is 1. The van der Waals surface area contributed by atoms with E-state index in [0.29, 0.717) is 11.4 Å². The Balaban J connectivity index is 2.00. The van der Waals surface area contributed by atoms with Gasteiger partial charge in [0.2, 0.25) is 5.91 Å². The van der Waals surface area contributed by atoms with E-state index >= 15 is 0 Å². The number of aromatic nitrogens is 2. The van der Waals surface area contributed by atoms with Gasteiger partial charge in [0.15, 0.2) is 4.34 Å². The summed E-state index contributed by atoms with van der Waals surface area (Å²) in [7, 11) is 1.57. The molecule has 1 N–H and O–H groups in total. The lowest BCUT2D eigenvalue weighted by molar-refractivity contribution is -0.115. The molecule has 1 heterocycles. The second-order valence-corrected chi connectivity index (χ2v) is 6.08. The van der Waals surface area contributed by atoms with Crippen LogP contribution in [0.2, 0.25) is 0 Å². The Bertz CT molecular complexity index is 546. The van der Waals surface area contributed by atoms with E-state index in [1.165, 1.54) is 23.1 Å². The van der Waals surface area contributed by atoms with E-state index in [1.807, 2.05) is 19.1 Å². The van der Waals surface area contributed by atoms with Crippen molar-refractivity contribution >= 4 is 34.7 Å². The minimum absolute atomic E-state index is 0.0929. The predicted octanol–water partition coefficient (Wildman–Crippen LogP) is 2.67. The van der Waals surface area contributed by atoms with Gasteiger partial charge >= 0.3 is 0 Å². The fourth-order valence-corrected chi connectivity index (χ4v) is 3.03. The molecule has 0 saturated carbocycles. The monoisotopic (exact) mass is 295 g/mol. The summed E-state index contributed by atoms with van der Waals surface area (Å²) < 4.78 is 5.97. The van der Waals surface area contributed by atoms with Crippen LogP contribution in [0, 0.1) is 0 Å². The number of hydrogen-bond acceptors (Lipinski definition) is 6. The molecule has 0 radical (unpaired) electrons. The number of methoxy groups -OCH3 is 1. The van der Waals surface area contributed by atoms with Gasteiger partial charge in [-0.1, -0.05) is 35.2 Å².